The largest absolute Gasteiger partial charge is 0.394 e. The molecule has 0 aromatic carbocycles. The summed E-state index contributed by atoms with van der Waals surface area (Å²) in [5.74, 6) is -0.252. The summed E-state index contributed by atoms with van der Waals surface area (Å²) in [6.07, 6.45) is 3.69. The maximum atomic E-state index is 11.8. The van der Waals surface area contributed by atoms with E-state index in [0.29, 0.717) is 24.9 Å². The molecule has 1 aliphatic heterocycles. The van der Waals surface area contributed by atoms with Crippen molar-refractivity contribution in [1.29, 1.82) is 0 Å². The first-order valence-corrected chi connectivity index (χ1v) is 6.90. The molecule has 8 nitrogen and oxygen atoms in total. The van der Waals surface area contributed by atoms with Crippen LogP contribution in [-0.2, 0) is 4.74 Å². The van der Waals surface area contributed by atoms with E-state index in [-0.39, 0.29) is 19.1 Å². The second kappa shape index (κ2) is 7.93. The average molecular weight is 283 g/mol. The third kappa shape index (κ3) is 4.26. The summed E-state index contributed by atoms with van der Waals surface area (Å²) in [5.41, 5.74) is 0.325. The third-order valence-electron chi connectivity index (χ3n) is 3.19. The lowest BCUT2D eigenvalue weighted by Gasteiger charge is -2.22. The van der Waals surface area contributed by atoms with E-state index in [1.807, 2.05) is 0 Å². The summed E-state index contributed by atoms with van der Waals surface area (Å²) in [7, 11) is 0. The lowest BCUT2D eigenvalue weighted by molar-refractivity contribution is 0.0835. The zero-order valence-electron chi connectivity index (χ0n) is 11.4. The Labute approximate surface area is 117 Å². The Balaban J connectivity index is 1.77. The van der Waals surface area contributed by atoms with E-state index in [1.54, 1.807) is 10.9 Å². The molecule has 0 aliphatic carbocycles. The van der Waals surface area contributed by atoms with E-state index in [4.69, 9.17) is 9.84 Å². The van der Waals surface area contributed by atoms with Crippen molar-refractivity contribution in [1.82, 2.24) is 25.6 Å². The number of carbonyl (C=O) groups is 1. The number of nitrogens with zero attached hydrogens (tertiary/aromatic N) is 3. The highest BCUT2D eigenvalue weighted by molar-refractivity contribution is 5.91. The first kappa shape index (κ1) is 14.9. The first-order chi connectivity index (χ1) is 9.81. The molecule has 2 rings (SSSR count). The Hall–Kier alpha value is -1.51. The first-order valence-electron chi connectivity index (χ1n) is 6.90. The van der Waals surface area contributed by atoms with Crippen molar-refractivity contribution in [3.8, 4) is 0 Å². The van der Waals surface area contributed by atoms with Crippen molar-refractivity contribution in [2.75, 3.05) is 39.5 Å². The standard InChI is InChI=1S/C12H21N5O3/c18-6-8-20-7-5-14-12(19)11-9-17(16-15-11)10-1-3-13-4-2-10/h9-10,13,18H,1-8H2,(H,14,19). The maximum Gasteiger partial charge on any atom is 0.273 e. The molecule has 0 atom stereocenters. The van der Waals surface area contributed by atoms with Crippen molar-refractivity contribution >= 4 is 5.91 Å². The van der Waals surface area contributed by atoms with Crippen molar-refractivity contribution in [3.63, 3.8) is 0 Å². The van der Waals surface area contributed by atoms with Gasteiger partial charge in [-0.1, -0.05) is 5.21 Å². The van der Waals surface area contributed by atoms with Crippen LogP contribution < -0.4 is 10.6 Å². The van der Waals surface area contributed by atoms with Gasteiger partial charge in [-0.2, -0.15) is 0 Å². The molecule has 1 aromatic rings. The predicted octanol–water partition coefficient (Wildman–Crippen LogP) is -1.06. The van der Waals surface area contributed by atoms with Gasteiger partial charge < -0.3 is 20.5 Å². The van der Waals surface area contributed by atoms with Crippen LogP contribution >= 0.6 is 0 Å². The normalized spacial score (nSPS) is 16.2. The third-order valence-corrected chi connectivity index (χ3v) is 3.19. The predicted molar refractivity (Wildman–Crippen MR) is 71.4 cm³/mol. The lowest BCUT2D eigenvalue weighted by atomic mass is 10.1. The van der Waals surface area contributed by atoms with Gasteiger partial charge in [0.2, 0.25) is 0 Å². The van der Waals surface area contributed by atoms with Crippen LogP contribution in [0.2, 0.25) is 0 Å². The van der Waals surface area contributed by atoms with Crippen LogP contribution in [0.4, 0.5) is 0 Å². The summed E-state index contributed by atoms with van der Waals surface area (Å²) in [6.45, 7) is 2.95. The van der Waals surface area contributed by atoms with E-state index >= 15 is 0 Å². The van der Waals surface area contributed by atoms with Gasteiger partial charge in [0.1, 0.15) is 0 Å². The van der Waals surface area contributed by atoms with Gasteiger partial charge in [0, 0.05) is 6.54 Å². The lowest BCUT2D eigenvalue weighted by Crippen LogP contribution is -2.29. The SMILES string of the molecule is O=C(NCCOCCO)c1cn(C2CCNCC2)nn1. The minimum absolute atomic E-state index is 0.0154. The van der Waals surface area contributed by atoms with Crippen molar-refractivity contribution in [2.45, 2.75) is 18.9 Å². The molecule has 0 bridgehead atoms. The summed E-state index contributed by atoms with van der Waals surface area (Å²) in [6, 6.07) is 0.318. The van der Waals surface area contributed by atoms with Crippen LogP contribution in [0.5, 0.6) is 0 Å². The molecule has 1 fully saturated rings. The van der Waals surface area contributed by atoms with E-state index in [2.05, 4.69) is 20.9 Å². The molecule has 0 unspecified atom stereocenters. The number of nitrogens with one attached hydrogen (secondary N) is 2. The zero-order chi connectivity index (χ0) is 14.2. The molecule has 112 valence electrons. The molecule has 3 N–H and O–H groups in total. The summed E-state index contributed by atoms with van der Waals surface area (Å²) in [5, 5.41) is 22.5. The summed E-state index contributed by atoms with van der Waals surface area (Å²) in [4.78, 5) is 11.8. The number of amides is 1. The number of rotatable bonds is 7. The number of aliphatic hydroxyl groups excluding tert-OH is 1. The summed E-state index contributed by atoms with van der Waals surface area (Å²) < 4.78 is 6.83. The molecule has 1 aliphatic rings. The second-order valence-corrected chi connectivity index (χ2v) is 4.66. The molecular weight excluding hydrogens is 262 g/mol. The molecule has 1 amide bonds. The highest BCUT2D eigenvalue weighted by Gasteiger charge is 2.18. The molecule has 0 spiro atoms. The number of hydrogen-bond donors (Lipinski definition) is 3. The van der Waals surface area contributed by atoms with Crippen LogP contribution in [-0.4, -0.2) is 65.5 Å². The highest BCUT2D eigenvalue weighted by atomic mass is 16.5. The van der Waals surface area contributed by atoms with Gasteiger partial charge in [-0.25, -0.2) is 4.68 Å². The Morgan fingerprint density at radius 3 is 3.05 bits per heavy atom. The zero-order valence-corrected chi connectivity index (χ0v) is 11.4. The van der Waals surface area contributed by atoms with Crippen molar-refractivity contribution in [2.24, 2.45) is 0 Å². The van der Waals surface area contributed by atoms with Gasteiger partial charge in [0.15, 0.2) is 5.69 Å². The van der Waals surface area contributed by atoms with Gasteiger partial charge in [-0.05, 0) is 25.9 Å². The Morgan fingerprint density at radius 1 is 1.50 bits per heavy atom. The second-order valence-electron chi connectivity index (χ2n) is 4.66. The van der Waals surface area contributed by atoms with E-state index in [9.17, 15) is 4.79 Å². The van der Waals surface area contributed by atoms with Gasteiger partial charge in [0.25, 0.3) is 5.91 Å². The van der Waals surface area contributed by atoms with Crippen LogP contribution in [0.15, 0.2) is 6.20 Å². The van der Waals surface area contributed by atoms with E-state index < -0.39 is 0 Å². The Bertz CT molecular complexity index is 417. The molecule has 1 aromatic heterocycles. The molecule has 2 heterocycles. The van der Waals surface area contributed by atoms with E-state index in [0.717, 1.165) is 25.9 Å². The molecular formula is C12H21N5O3. The van der Waals surface area contributed by atoms with Crippen LogP contribution in [0.3, 0.4) is 0 Å². The number of carbonyl (C=O) groups excluding carboxylic acids is 1. The monoisotopic (exact) mass is 283 g/mol. The number of hydrogen-bond acceptors (Lipinski definition) is 6. The fraction of sp³-hybridized carbons (Fsp3) is 0.750. The number of ether oxygens (including phenoxy) is 1. The average Bonchev–Trinajstić information content (AvgIpc) is 2.98. The molecule has 8 heteroatoms. The maximum absolute atomic E-state index is 11.8. The van der Waals surface area contributed by atoms with E-state index in [1.165, 1.54) is 0 Å². The van der Waals surface area contributed by atoms with Gasteiger partial charge in [-0.3, -0.25) is 4.79 Å². The Kier molecular flexibility index (Phi) is 5.90. The minimum atomic E-state index is -0.252. The number of aromatic nitrogens is 3. The molecule has 20 heavy (non-hydrogen) atoms. The quantitative estimate of drug-likeness (QED) is 0.552. The van der Waals surface area contributed by atoms with Gasteiger partial charge in [-0.15, -0.1) is 5.10 Å². The molecule has 0 saturated carbocycles. The number of aliphatic hydroxyl groups is 1. The molecule has 1 saturated heterocycles. The number of piperidine rings is 1. The fourth-order valence-corrected chi connectivity index (χ4v) is 2.12. The minimum Gasteiger partial charge on any atom is -0.394 e. The van der Waals surface area contributed by atoms with Crippen molar-refractivity contribution < 1.29 is 14.6 Å². The smallest absolute Gasteiger partial charge is 0.273 e. The van der Waals surface area contributed by atoms with Gasteiger partial charge >= 0.3 is 0 Å². The molecule has 0 radical (unpaired) electrons. The fourth-order valence-electron chi connectivity index (χ4n) is 2.12. The van der Waals surface area contributed by atoms with Crippen molar-refractivity contribution in [3.05, 3.63) is 11.9 Å². The van der Waals surface area contributed by atoms with Gasteiger partial charge in [0.05, 0.1) is 32.1 Å². The summed E-state index contributed by atoms with van der Waals surface area (Å²) >= 11 is 0. The topological polar surface area (TPSA) is 101 Å². The Morgan fingerprint density at radius 2 is 2.30 bits per heavy atom. The van der Waals surface area contributed by atoms with Crippen LogP contribution in [0.1, 0.15) is 29.4 Å². The highest BCUT2D eigenvalue weighted by Crippen LogP contribution is 2.16. The van der Waals surface area contributed by atoms with Crippen LogP contribution in [0, 0.1) is 0 Å². The van der Waals surface area contributed by atoms with Crippen LogP contribution in [0.25, 0.3) is 0 Å².